The highest BCUT2D eigenvalue weighted by atomic mass is 35.5. The summed E-state index contributed by atoms with van der Waals surface area (Å²) in [7, 11) is 0. The highest BCUT2D eigenvalue weighted by Gasteiger charge is 2.13. The lowest BCUT2D eigenvalue weighted by atomic mass is 10.2. The topological polar surface area (TPSA) is 50.4 Å². The minimum Gasteiger partial charge on any atom is -0.493 e. The molecule has 0 bridgehead atoms. The number of benzene rings is 2. The van der Waals surface area contributed by atoms with Gasteiger partial charge in [-0.2, -0.15) is 0 Å². The zero-order valence-electron chi connectivity index (χ0n) is 13.3. The number of carbonyl (C=O) groups is 1. The summed E-state index contributed by atoms with van der Waals surface area (Å²) >= 11 is 11.3. The largest absolute Gasteiger partial charge is 0.493 e. The number of ether oxygens (including phenoxy) is 1. The molecule has 0 atom stereocenters. The van der Waals surface area contributed by atoms with Crippen LogP contribution in [-0.2, 0) is 6.54 Å². The normalized spacial score (nSPS) is 10.1. The second kappa shape index (κ2) is 9.25. The Balaban J connectivity index is 1.94. The fourth-order valence-corrected chi connectivity index (χ4v) is 2.39. The number of rotatable bonds is 6. The Labute approximate surface area is 152 Å². The summed E-state index contributed by atoms with van der Waals surface area (Å²) in [5.74, 6) is 0.240. The lowest BCUT2D eigenvalue weighted by Gasteiger charge is -2.13. The van der Waals surface area contributed by atoms with Crippen LogP contribution in [0.1, 0.15) is 29.3 Å². The van der Waals surface area contributed by atoms with Crippen molar-refractivity contribution in [2.45, 2.75) is 19.9 Å². The van der Waals surface area contributed by atoms with Crippen molar-refractivity contribution < 1.29 is 9.53 Å². The molecule has 1 amide bonds. The van der Waals surface area contributed by atoms with E-state index in [2.05, 4.69) is 10.6 Å². The number of hydrogen-bond donors (Lipinski definition) is 2. The van der Waals surface area contributed by atoms with Gasteiger partial charge >= 0.3 is 0 Å². The molecule has 0 aliphatic carbocycles. The lowest BCUT2D eigenvalue weighted by Crippen LogP contribution is -2.39. The first-order chi connectivity index (χ1) is 11.6. The summed E-state index contributed by atoms with van der Waals surface area (Å²) in [6, 6.07) is 14.5. The van der Waals surface area contributed by atoms with Crippen LogP contribution in [0.2, 0.25) is 5.02 Å². The van der Waals surface area contributed by atoms with Crippen molar-refractivity contribution in [2.24, 2.45) is 0 Å². The van der Waals surface area contributed by atoms with Gasteiger partial charge in [-0.05, 0) is 42.4 Å². The van der Waals surface area contributed by atoms with Crippen molar-refractivity contribution in [3.8, 4) is 5.75 Å². The number of amides is 1. The first kappa shape index (κ1) is 18.2. The quantitative estimate of drug-likeness (QED) is 0.764. The third kappa shape index (κ3) is 5.22. The van der Waals surface area contributed by atoms with E-state index in [9.17, 15) is 4.79 Å². The van der Waals surface area contributed by atoms with Crippen LogP contribution in [0.4, 0.5) is 0 Å². The fraction of sp³-hybridized carbons (Fsp3) is 0.222. The molecule has 0 saturated carbocycles. The molecule has 0 aliphatic heterocycles. The average Bonchev–Trinajstić information content (AvgIpc) is 2.59. The molecule has 0 radical (unpaired) electrons. The zero-order valence-corrected chi connectivity index (χ0v) is 14.9. The van der Waals surface area contributed by atoms with Crippen LogP contribution in [0, 0.1) is 0 Å². The highest BCUT2D eigenvalue weighted by Crippen LogP contribution is 2.18. The van der Waals surface area contributed by atoms with Gasteiger partial charge in [0.2, 0.25) is 0 Å². The highest BCUT2D eigenvalue weighted by molar-refractivity contribution is 7.80. The standard InChI is InChI=1S/C18H19ClN2O2S/c1-2-11-23-16-10-6-4-8-14(16)17(22)21-18(24)20-12-13-7-3-5-9-15(13)19/h3-10H,2,11-12H2,1H3,(H2,20,21,22,24). The monoisotopic (exact) mass is 362 g/mol. The Hall–Kier alpha value is -2.11. The van der Waals surface area contributed by atoms with Gasteiger partial charge in [0.1, 0.15) is 5.75 Å². The Bertz CT molecular complexity index is 722. The first-order valence-electron chi connectivity index (χ1n) is 7.66. The second-order valence-corrected chi connectivity index (χ2v) is 5.89. The maximum atomic E-state index is 12.4. The molecule has 0 unspecified atom stereocenters. The lowest BCUT2D eigenvalue weighted by molar-refractivity contribution is 0.0972. The van der Waals surface area contributed by atoms with Gasteiger partial charge in [-0.15, -0.1) is 0 Å². The molecule has 2 rings (SSSR count). The molecule has 24 heavy (non-hydrogen) atoms. The molecular formula is C18H19ClN2O2S. The second-order valence-electron chi connectivity index (χ2n) is 5.07. The molecule has 2 N–H and O–H groups in total. The van der Waals surface area contributed by atoms with Crippen LogP contribution in [0.3, 0.4) is 0 Å². The summed E-state index contributed by atoms with van der Waals surface area (Å²) in [5.41, 5.74) is 1.36. The smallest absolute Gasteiger partial charge is 0.261 e. The molecular weight excluding hydrogens is 344 g/mol. The van der Waals surface area contributed by atoms with Crippen LogP contribution >= 0.6 is 23.8 Å². The third-order valence-electron chi connectivity index (χ3n) is 3.22. The van der Waals surface area contributed by atoms with E-state index >= 15 is 0 Å². The predicted molar refractivity (Wildman–Crippen MR) is 101 cm³/mol. The van der Waals surface area contributed by atoms with Crippen molar-refractivity contribution in [2.75, 3.05) is 6.61 Å². The molecule has 0 saturated heterocycles. The molecule has 2 aromatic carbocycles. The van der Waals surface area contributed by atoms with Crippen LogP contribution < -0.4 is 15.4 Å². The van der Waals surface area contributed by atoms with Crippen LogP contribution in [0.15, 0.2) is 48.5 Å². The van der Waals surface area contributed by atoms with Gasteiger partial charge in [0.15, 0.2) is 5.11 Å². The molecule has 0 aromatic heterocycles. The summed E-state index contributed by atoms with van der Waals surface area (Å²) < 4.78 is 5.59. The van der Waals surface area contributed by atoms with Gasteiger partial charge in [0.05, 0.1) is 12.2 Å². The molecule has 0 spiro atoms. The number of thiocarbonyl (C=S) groups is 1. The van der Waals surface area contributed by atoms with E-state index in [0.717, 1.165) is 12.0 Å². The molecule has 126 valence electrons. The van der Waals surface area contributed by atoms with Gasteiger partial charge in [-0.25, -0.2) is 0 Å². The summed E-state index contributed by atoms with van der Waals surface area (Å²) in [5, 5.41) is 6.53. The van der Waals surface area contributed by atoms with Crippen LogP contribution in [0.25, 0.3) is 0 Å². The fourth-order valence-electron chi connectivity index (χ4n) is 2.02. The maximum Gasteiger partial charge on any atom is 0.261 e. The molecule has 0 fully saturated rings. The number of para-hydroxylation sites is 1. The van der Waals surface area contributed by atoms with Gasteiger partial charge in [-0.3, -0.25) is 10.1 Å². The van der Waals surface area contributed by atoms with E-state index in [1.165, 1.54) is 0 Å². The van der Waals surface area contributed by atoms with Gasteiger partial charge in [0.25, 0.3) is 5.91 Å². The van der Waals surface area contributed by atoms with Crippen LogP contribution in [0.5, 0.6) is 5.75 Å². The number of hydrogen-bond acceptors (Lipinski definition) is 3. The minimum atomic E-state index is -0.307. The zero-order chi connectivity index (χ0) is 17.4. The van der Waals surface area contributed by atoms with E-state index in [1.54, 1.807) is 18.2 Å². The molecule has 0 heterocycles. The first-order valence-corrected chi connectivity index (χ1v) is 8.45. The number of carbonyl (C=O) groups excluding carboxylic acids is 1. The average molecular weight is 363 g/mol. The van der Waals surface area contributed by atoms with E-state index < -0.39 is 0 Å². The van der Waals surface area contributed by atoms with Crippen molar-refractivity contribution in [1.29, 1.82) is 0 Å². The number of nitrogens with one attached hydrogen (secondary N) is 2. The van der Waals surface area contributed by atoms with Gasteiger partial charge in [0, 0.05) is 11.6 Å². The van der Waals surface area contributed by atoms with Crippen molar-refractivity contribution in [1.82, 2.24) is 10.6 Å². The Morgan fingerprint density at radius 1 is 1.17 bits per heavy atom. The Morgan fingerprint density at radius 3 is 2.62 bits per heavy atom. The summed E-state index contributed by atoms with van der Waals surface area (Å²) in [6.07, 6.45) is 0.869. The Morgan fingerprint density at radius 2 is 1.88 bits per heavy atom. The van der Waals surface area contributed by atoms with Crippen molar-refractivity contribution in [3.63, 3.8) is 0 Å². The van der Waals surface area contributed by atoms with E-state index in [0.29, 0.717) is 29.5 Å². The molecule has 4 nitrogen and oxygen atoms in total. The predicted octanol–water partition coefficient (Wildman–Crippen LogP) is 3.93. The molecule has 6 heteroatoms. The summed E-state index contributed by atoms with van der Waals surface area (Å²) in [6.45, 7) is 3.00. The third-order valence-corrected chi connectivity index (χ3v) is 3.83. The van der Waals surface area contributed by atoms with Crippen molar-refractivity contribution >= 4 is 34.8 Å². The SMILES string of the molecule is CCCOc1ccccc1C(=O)NC(=S)NCc1ccccc1Cl. The molecule has 0 aliphatic rings. The van der Waals surface area contributed by atoms with Crippen molar-refractivity contribution in [3.05, 3.63) is 64.7 Å². The summed E-state index contributed by atoms with van der Waals surface area (Å²) in [4.78, 5) is 12.4. The van der Waals surface area contributed by atoms with E-state index in [-0.39, 0.29) is 11.0 Å². The van der Waals surface area contributed by atoms with Gasteiger partial charge in [-0.1, -0.05) is 48.9 Å². The van der Waals surface area contributed by atoms with E-state index in [4.69, 9.17) is 28.6 Å². The van der Waals surface area contributed by atoms with Gasteiger partial charge < -0.3 is 10.1 Å². The maximum absolute atomic E-state index is 12.4. The minimum absolute atomic E-state index is 0.241. The van der Waals surface area contributed by atoms with Crippen LogP contribution in [-0.4, -0.2) is 17.6 Å². The van der Waals surface area contributed by atoms with E-state index in [1.807, 2.05) is 37.3 Å². The Kier molecular flexibility index (Phi) is 7.03. The number of halogens is 1. The molecule has 2 aromatic rings.